The van der Waals surface area contributed by atoms with Gasteiger partial charge in [-0.2, -0.15) is 0 Å². The first-order chi connectivity index (χ1) is 10.0. The molecule has 6 nitrogen and oxygen atoms in total. The molecule has 2 rings (SSSR count). The average molecular weight is 311 g/mol. The SMILES string of the molecule is Cc1csc(CCNC(=O)NC2(C(=O)O)CCCCC2)n1. The van der Waals surface area contributed by atoms with E-state index in [1.54, 1.807) is 11.3 Å². The fourth-order valence-electron chi connectivity index (χ4n) is 2.61. The number of urea groups is 1. The maximum atomic E-state index is 11.9. The lowest BCUT2D eigenvalue weighted by atomic mass is 9.82. The van der Waals surface area contributed by atoms with E-state index in [1.165, 1.54) is 0 Å². The molecule has 0 unspecified atom stereocenters. The van der Waals surface area contributed by atoms with Gasteiger partial charge in [-0.25, -0.2) is 14.6 Å². The van der Waals surface area contributed by atoms with Crippen molar-refractivity contribution in [2.24, 2.45) is 0 Å². The molecule has 116 valence electrons. The van der Waals surface area contributed by atoms with Gasteiger partial charge in [0.1, 0.15) is 5.54 Å². The summed E-state index contributed by atoms with van der Waals surface area (Å²) in [6, 6.07) is -0.410. The number of carboxylic acids is 1. The first kappa shape index (κ1) is 15.8. The minimum atomic E-state index is -1.10. The lowest BCUT2D eigenvalue weighted by Gasteiger charge is -2.33. The zero-order valence-corrected chi connectivity index (χ0v) is 13.0. The fourth-order valence-corrected chi connectivity index (χ4v) is 3.39. The third kappa shape index (κ3) is 4.17. The van der Waals surface area contributed by atoms with Crippen LogP contribution in [-0.4, -0.2) is 34.2 Å². The molecule has 7 heteroatoms. The van der Waals surface area contributed by atoms with E-state index < -0.39 is 17.5 Å². The Bertz CT molecular complexity index is 509. The normalized spacial score (nSPS) is 17.2. The molecule has 2 amide bonds. The number of aliphatic carboxylic acids is 1. The Kier molecular flexibility index (Phi) is 5.17. The number of rotatable bonds is 5. The number of carbonyl (C=O) groups excluding carboxylic acids is 1. The monoisotopic (exact) mass is 311 g/mol. The summed E-state index contributed by atoms with van der Waals surface area (Å²) in [7, 11) is 0. The molecule has 1 aromatic heterocycles. The number of carboxylic acid groups (broad SMARTS) is 1. The van der Waals surface area contributed by atoms with Crippen LogP contribution in [0.5, 0.6) is 0 Å². The number of amides is 2. The summed E-state index contributed by atoms with van der Waals surface area (Å²) < 4.78 is 0. The molecule has 3 N–H and O–H groups in total. The van der Waals surface area contributed by atoms with Crippen LogP contribution in [0.15, 0.2) is 5.38 Å². The minimum absolute atomic E-state index is 0.410. The molecule has 0 spiro atoms. The van der Waals surface area contributed by atoms with Crippen LogP contribution < -0.4 is 10.6 Å². The van der Waals surface area contributed by atoms with E-state index >= 15 is 0 Å². The van der Waals surface area contributed by atoms with Gasteiger partial charge in [0.25, 0.3) is 0 Å². The Morgan fingerprint density at radius 1 is 1.38 bits per heavy atom. The predicted molar refractivity (Wildman–Crippen MR) is 80.5 cm³/mol. The molecule has 0 saturated heterocycles. The molecule has 1 aliphatic rings. The molecule has 1 heterocycles. The van der Waals surface area contributed by atoms with E-state index in [2.05, 4.69) is 15.6 Å². The van der Waals surface area contributed by atoms with E-state index in [9.17, 15) is 14.7 Å². The first-order valence-corrected chi connectivity index (χ1v) is 8.10. The third-order valence-corrected chi connectivity index (χ3v) is 4.79. The van der Waals surface area contributed by atoms with Crippen LogP contribution in [0.3, 0.4) is 0 Å². The average Bonchev–Trinajstić information content (AvgIpc) is 2.85. The summed E-state index contributed by atoms with van der Waals surface area (Å²) in [5, 5.41) is 17.7. The van der Waals surface area contributed by atoms with Crippen molar-refractivity contribution in [3.05, 3.63) is 16.1 Å². The number of hydrogen-bond acceptors (Lipinski definition) is 4. The molecule has 1 fully saturated rings. The number of hydrogen-bond donors (Lipinski definition) is 3. The van der Waals surface area contributed by atoms with Gasteiger partial charge in [-0.15, -0.1) is 11.3 Å². The standard InChI is InChI=1S/C14H21N3O3S/c1-10-9-21-11(16-10)5-8-15-13(20)17-14(12(18)19)6-3-2-4-7-14/h9H,2-8H2,1H3,(H,18,19)(H2,15,17,20). The van der Waals surface area contributed by atoms with Gasteiger partial charge in [0.15, 0.2) is 0 Å². The number of carbonyl (C=O) groups is 2. The number of thiazole rings is 1. The maximum absolute atomic E-state index is 11.9. The van der Waals surface area contributed by atoms with Crippen molar-refractivity contribution in [3.8, 4) is 0 Å². The van der Waals surface area contributed by atoms with Gasteiger partial charge in [-0.1, -0.05) is 19.3 Å². The highest BCUT2D eigenvalue weighted by atomic mass is 32.1. The van der Waals surface area contributed by atoms with E-state index in [0.29, 0.717) is 25.8 Å². The predicted octanol–water partition coefficient (Wildman–Crippen LogP) is 2.08. The van der Waals surface area contributed by atoms with Crippen molar-refractivity contribution in [2.75, 3.05) is 6.54 Å². The maximum Gasteiger partial charge on any atom is 0.329 e. The van der Waals surface area contributed by atoms with Crippen LogP contribution in [0.25, 0.3) is 0 Å². The van der Waals surface area contributed by atoms with Gasteiger partial charge in [0.2, 0.25) is 0 Å². The molecule has 0 aliphatic heterocycles. The smallest absolute Gasteiger partial charge is 0.329 e. The summed E-state index contributed by atoms with van der Waals surface area (Å²) in [6.07, 6.45) is 4.37. The van der Waals surface area contributed by atoms with Gasteiger partial charge >= 0.3 is 12.0 Å². The summed E-state index contributed by atoms with van der Waals surface area (Å²) in [4.78, 5) is 27.7. The second kappa shape index (κ2) is 6.89. The minimum Gasteiger partial charge on any atom is -0.480 e. The molecule has 1 saturated carbocycles. The number of aromatic nitrogens is 1. The summed E-state index contributed by atoms with van der Waals surface area (Å²) >= 11 is 1.56. The van der Waals surface area contributed by atoms with Crippen LogP contribution in [0.2, 0.25) is 0 Å². The highest BCUT2D eigenvalue weighted by Gasteiger charge is 2.40. The van der Waals surface area contributed by atoms with Crippen LogP contribution in [0.4, 0.5) is 4.79 Å². The Labute approximate surface area is 128 Å². The van der Waals surface area contributed by atoms with Crippen molar-refractivity contribution in [1.82, 2.24) is 15.6 Å². The largest absolute Gasteiger partial charge is 0.480 e. The van der Waals surface area contributed by atoms with Crippen molar-refractivity contribution in [2.45, 2.75) is 51.0 Å². The van der Waals surface area contributed by atoms with Gasteiger partial charge in [-0.3, -0.25) is 0 Å². The Morgan fingerprint density at radius 2 is 2.10 bits per heavy atom. The molecule has 1 aromatic rings. The van der Waals surface area contributed by atoms with Gasteiger partial charge in [0, 0.05) is 24.0 Å². The number of nitrogens with one attached hydrogen (secondary N) is 2. The van der Waals surface area contributed by atoms with Crippen LogP contribution in [0, 0.1) is 6.92 Å². The van der Waals surface area contributed by atoms with E-state index in [0.717, 1.165) is 30.0 Å². The Balaban J connectivity index is 1.81. The van der Waals surface area contributed by atoms with Crippen LogP contribution in [-0.2, 0) is 11.2 Å². The van der Waals surface area contributed by atoms with Gasteiger partial charge in [0.05, 0.1) is 5.01 Å². The quantitative estimate of drug-likeness (QED) is 0.776. The van der Waals surface area contributed by atoms with Crippen LogP contribution in [0.1, 0.15) is 42.8 Å². The van der Waals surface area contributed by atoms with Crippen molar-refractivity contribution in [1.29, 1.82) is 0 Å². The Hall–Kier alpha value is -1.63. The second-order valence-electron chi connectivity index (χ2n) is 5.46. The highest BCUT2D eigenvalue weighted by molar-refractivity contribution is 7.09. The number of aryl methyl sites for hydroxylation is 1. The highest BCUT2D eigenvalue weighted by Crippen LogP contribution is 2.28. The fraction of sp³-hybridized carbons (Fsp3) is 0.643. The lowest BCUT2D eigenvalue weighted by molar-refractivity contribution is -0.145. The summed E-state index contributed by atoms with van der Waals surface area (Å²) in [5.74, 6) is -0.937. The molecule has 1 aliphatic carbocycles. The third-order valence-electron chi connectivity index (χ3n) is 3.76. The van der Waals surface area contributed by atoms with Crippen molar-refractivity contribution >= 4 is 23.3 Å². The van der Waals surface area contributed by atoms with Crippen molar-refractivity contribution in [3.63, 3.8) is 0 Å². The molecule has 0 aromatic carbocycles. The molecule has 21 heavy (non-hydrogen) atoms. The van der Waals surface area contributed by atoms with Gasteiger partial charge < -0.3 is 15.7 Å². The first-order valence-electron chi connectivity index (χ1n) is 7.22. The summed E-state index contributed by atoms with van der Waals surface area (Å²) in [6.45, 7) is 2.38. The van der Waals surface area contributed by atoms with E-state index in [1.807, 2.05) is 12.3 Å². The zero-order valence-electron chi connectivity index (χ0n) is 12.1. The Morgan fingerprint density at radius 3 is 2.67 bits per heavy atom. The molecule has 0 bridgehead atoms. The zero-order chi connectivity index (χ0) is 15.3. The molecule has 0 atom stereocenters. The summed E-state index contributed by atoms with van der Waals surface area (Å²) in [5.41, 5.74) is -0.119. The molecular weight excluding hydrogens is 290 g/mol. The van der Waals surface area contributed by atoms with Gasteiger partial charge in [-0.05, 0) is 19.8 Å². The lowest BCUT2D eigenvalue weighted by Crippen LogP contribution is -2.58. The van der Waals surface area contributed by atoms with Crippen molar-refractivity contribution < 1.29 is 14.7 Å². The topological polar surface area (TPSA) is 91.3 Å². The van der Waals surface area contributed by atoms with E-state index in [-0.39, 0.29) is 0 Å². The second-order valence-corrected chi connectivity index (χ2v) is 6.40. The van der Waals surface area contributed by atoms with Crippen LogP contribution >= 0.6 is 11.3 Å². The number of nitrogens with zero attached hydrogens (tertiary/aromatic N) is 1. The van der Waals surface area contributed by atoms with E-state index in [4.69, 9.17) is 0 Å². The molecular formula is C14H21N3O3S. The molecule has 0 radical (unpaired) electrons.